The Bertz CT molecular complexity index is 766. The van der Waals surface area contributed by atoms with Gasteiger partial charge in [0.1, 0.15) is 5.82 Å². The Hall–Kier alpha value is -2.21. The molecule has 5 nitrogen and oxygen atoms in total. The number of carbonyl (C=O) groups excluding carboxylic acids is 1. The molecule has 6 heteroatoms. The molecular formula is C19H23FN4O. The Morgan fingerprint density at radius 3 is 2.84 bits per heavy atom. The summed E-state index contributed by atoms with van der Waals surface area (Å²) >= 11 is 0. The average molecular weight is 342 g/mol. The number of hydrogen-bond acceptors (Lipinski definition) is 3. The van der Waals surface area contributed by atoms with E-state index in [4.69, 9.17) is 0 Å². The number of benzene rings is 1. The van der Waals surface area contributed by atoms with Gasteiger partial charge in [-0.3, -0.25) is 9.69 Å². The third-order valence-electron chi connectivity index (χ3n) is 5.22. The summed E-state index contributed by atoms with van der Waals surface area (Å²) in [6.07, 6.45) is 5.43. The second-order valence-electron chi connectivity index (χ2n) is 7.02. The van der Waals surface area contributed by atoms with Crippen LogP contribution in [0.15, 0.2) is 30.6 Å². The fourth-order valence-corrected chi connectivity index (χ4v) is 3.45. The maximum absolute atomic E-state index is 12.9. The number of fused-ring (bicyclic) bond motifs is 1. The van der Waals surface area contributed by atoms with Gasteiger partial charge in [-0.15, -0.1) is 0 Å². The lowest BCUT2D eigenvalue weighted by Gasteiger charge is -2.31. The molecule has 0 radical (unpaired) electrons. The summed E-state index contributed by atoms with van der Waals surface area (Å²) in [5.74, 6) is -0.271. The van der Waals surface area contributed by atoms with Crippen LogP contribution in [0.25, 0.3) is 0 Å². The summed E-state index contributed by atoms with van der Waals surface area (Å²) < 4.78 is 15.3. The fourth-order valence-electron chi connectivity index (χ4n) is 3.45. The van der Waals surface area contributed by atoms with Gasteiger partial charge >= 0.3 is 0 Å². The highest BCUT2D eigenvalue weighted by molar-refractivity contribution is 5.81. The number of nitrogens with one attached hydrogen (secondary N) is 1. The fraction of sp³-hybridized carbons (Fsp3) is 0.474. The number of hydrogen-bond donors (Lipinski definition) is 1. The third kappa shape index (κ3) is 3.44. The van der Waals surface area contributed by atoms with Crippen molar-refractivity contribution in [2.24, 2.45) is 0 Å². The molecular weight excluding hydrogens is 319 g/mol. The first-order valence-corrected chi connectivity index (χ1v) is 8.92. The van der Waals surface area contributed by atoms with Gasteiger partial charge in [-0.25, -0.2) is 9.37 Å². The van der Waals surface area contributed by atoms with Crippen molar-refractivity contribution in [1.82, 2.24) is 19.8 Å². The smallest absolute Gasteiger partial charge is 0.237 e. The Morgan fingerprint density at radius 1 is 1.36 bits per heavy atom. The number of amides is 1. The minimum absolute atomic E-state index is 0.00518. The molecule has 1 amide bonds. The van der Waals surface area contributed by atoms with Gasteiger partial charge in [0, 0.05) is 37.8 Å². The van der Waals surface area contributed by atoms with E-state index >= 15 is 0 Å². The number of rotatable bonds is 5. The zero-order valence-corrected chi connectivity index (χ0v) is 14.4. The van der Waals surface area contributed by atoms with Crippen molar-refractivity contribution < 1.29 is 9.18 Å². The number of aromatic nitrogens is 2. The molecule has 25 heavy (non-hydrogen) atoms. The Kier molecular flexibility index (Phi) is 4.29. The molecule has 1 fully saturated rings. The number of imidazole rings is 1. The molecule has 1 unspecified atom stereocenters. The molecule has 1 N–H and O–H groups in total. The molecule has 1 aliphatic carbocycles. The van der Waals surface area contributed by atoms with E-state index < -0.39 is 0 Å². The molecule has 0 spiro atoms. The second kappa shape index (κ2) is 6.59. The van der Waals surface area contributed by atoms with E-state index in [-0.39, 0.29) is 17.8 Å². The van der Waals surface area contributed by atoms with E-state index in [1.165, 1.54) is 30.7 Å². The van der Waals surface area contributed by atoms with Crippen LogP contribution in [0.2, 0.25) is 0 Å². The lowest BCUT2D eigenvalue weighted by molar-refractivity contribution is -0.126. The van der Waals surface area contributed by atoms with Crippen LogP contribution in [0.5, 0.6) is 0 Å². The van der Waals surface area contributed by atoms with Crippen LogP contribution in [0, 0.1) is 5.82 Å². The topological polar surface area (TPSA) is 50.2 Å². The summed E-state index contributed by atoms with van der Waals surface area (Å²) in [7, 11) is 0. The third-order valence-corrected chi connectivity index (χ3v) is 5.22. The maximum Gasteiger partial charge on any atom is 0.237 e. The minimum Gasteiger partial charge on any atom is -0.351 e. The molecule has 1 atom stereocenters. The molecule has 132 valence electrons. The largest absolute Gasteiger partial charge is 0.351 e. The molecule has 1 aromatic carbocycles. The Morgan fingerprint density at radius 2 is 2.12 bits per heavy atom. The lowest BCUT2D eigenvalue weighted by atomic mass is 10.1. The van der Waals surface area contributed by atoms with Gasteiger partial charge in [-0.05, 0) is 37.5 Å². The van der Waals surface area contributed by atoms with E-state index in [1.807, 2.05) is 13.3 Å². The zero-order valence-electron chi connectivity index (χ0n) is 14.4. The van der Waals surface area contributed by atoms with Gasteiger partial charge in [-0.2, -0.15) is 0 Å². The number of nitrogens with zero attached hydrogens (tertiary/aromatic N) is 3. The van der Waals surface area contributed by atoms with Crippen molar-refractivity contribution in [3.63, 3.8) is 0 Å². The van der Waals surface area contributed by atoms with Gasteiger partial charge in [0.05, 0.1) is 18.1 Å². The predicted molar refractivity (Wildman–Crippen MR) is 92.3 cm³/mol. The zero-order chi connectivity index (χ0) is 17.4. The standard InChI is InChI=1S/C19H23FN4O/c1-13(19(25)21-10-14-2-4-15(20)5-3-14)23-9-8-18-17(11-23)22-12-24(18)16-6-7-16/h2-5,12-13,16H,6-11H2,1H3,(H,21,25). The van der Waals surface area contributed by atoms with Crippen LogP contribution < -0.4 is 5.32 Å². The van der Waals surface area contributed by atoms with Gasteiger partial charge in [-0.1, -0.05) is 12.1 Å². The number of halogens is 1. The summed E-state index contributed by atoms with van der Waals surface area (Å²) in [6.45, 7) is 3.94. The van der Waals surface area contributed by atoms with Crippen molar-refractivity contribution >= 4 is 5.91 Å². The summed E-state index contributed by atoms with van der Waals surface area (Å²) in [5, 5.41) is 2.94. The van der Waals surface area contributed by atoms with Crippen molar-refractivity contribution in [3.8, 4) is 0 Å². The van der Waals surface area contributed by atoms with Crippen LogP contribution in [-0.2, 0) is 24.3 Å². The van der Waals surface area contributed by atoms with Crippen molar-refractivity contribution in [1.29, 1.82) is 0 Å². The predicted octanol–water partition coefficient (Wildman–Crippen LogP) is 2.42. The van der Waals surface area contributed by atoms with Gasteiger partial charge in [0.15, 0.2) is 0 Å². The molecule has 0 bridgehead atoms. The van der Waals surface area contributed by atoms with Crippen LogP contribution in [0.1, 0.15) is 42.8 Å². The molecule has 1 aromatic heterocycles. The minimum atomic E-state index is -0.266. The van der Waals surface area contributed by atoms with Crippen LogP contribution in [0.3, 0.4) is 0 Å². The Balaban J connectivity index is 1.34. The van der Waals surface area contributed by atoms with E-state index in [2.05, 4.69) is 19.8 Å². The lowest BCUT2D eigenvalue weighted by Crippen LogP contribution is -2.47. The van der Waals surface area contributed by atoms with E-state index in [1.54, 1.807) is 12.1 Å². The van der Waals surface area contributed by atoms with Gasteiger partial charge in [0.25, 0.3) is 0 Å². The summed E-state index contributed by atoms with van der Waals surface area (Å²) in [4.78, 5) is 19.2. The highest BCUT2D eigenvalue weighted by Crippen LogP contribution is 2.37. The normalized spacial score (nSPS) is 18.6. The summed E-state index contributed by atoms with van der Waals surface area (Å²) in [5.41, 5.74) is 3.35. The average Bonchev–Trinajstić information content (AvgIpc) is 3.39. The monoisotopic (exact) mass is 342 g/mol. The van der Waals surface area contributed by atoms with Crippen molar-refractivity contribution in [2.75, 3.05) is 6.54 Å². The van der Waals surface area contributed by atoms with Crippen LogP contribution >= 0.6 is 0 Å². The SMILES string of the molecule is CC(C(=O)NCc1ccc(F)cc1)N1CCc2c(ncn2C2CC2)C1. The summed E-state index contributed by atoms with van der Waals surface area (Å²) in [6, 6.07) is 6.65. The van der Waals surface area contributed by atoms with Gasteiger partial charge in [0.2, 0.25) is 5.91 Å². The van der Waals surface area contributed by atoms with Crippen molar-refractivity contribution in [2.45, 2.75) is 51.4 Å². The Labute approximate surface area is 146 Å². The first-order valence-electron chi connectivity index (χ1n) is 8.92. The molecule has 2 aliphatic rings. The van der Waals surface area contributed by atoms with Crippen LogP contribution in [0.4, 0.5) is 4.39 Å². The van der Waals surface area contributed by atoms with E-state index in [0.29, 0.717) is 12.6 Å². The maximum atomic E-state index is 12.9. The van der Waals surface area contributed by atoms with Crippen molar-refractivity contribution in [3.05, 3.63) is 53.4 Å². The second-order valence-corrected chi connectivity index (χ2v) is 7.02. The highest BCUT2D eigenvalue weighted by Gasteiger charge is 2.31. The molecule has 1 saturated carbocycles. The number of carbonyl (C=O) groups is 1. The first-order chi connectivity index (χ1) is 12.1. The molecule has 1 aliphatic heterocycles. The van der Waals surface area contributed by atoms with Crippen LogP contribution in [-0.4, -0.2) is 32.9 Å². The molecule has 0 saturated heterocycles. The first kappa shape index (κ1) is 16.3. The quantitative estimate of drug-likeness (QED) is 0.908. The molecule has 2 aromatic rings. The van der Waals surface area contributed by atoms with E-state index in [0.717, 1.165) is 30.8 Å². The highest BCUT2D eigenvalue weighted by atomic mass is 19.1. The van der Waals surface area contributed by atoms with Gasteiger partial charge < -0.3 is 9.88 Å². The molecule has 4 rings (SSSR count). The molecule has 2 heterocycles. The van der Waals surface area contributed by atoms with E-state index in [9.17, 15) is 9.18 Å².